The van der Waals surface area contributed by atoms with Gasteiger partial charge in [0.25, 0.3) is 5.91 Å². The van der Waals surface area contributed by atoms with Gasteiger partial charge in [-0.25, -0.2) is 9.67 Å². The molecule has 2 atom stereocenters. The number of thiazole rings is 1. The minimum atomic E-state index is -0.591. The summed E-state index contributed by atoms with van der Waals surface area (Å²) >= 11 is 7.28. The van der Waals surface area contributed by atoms with Crippen molar-refractivity contribution in [2.75, 3.05) is 18.4 Å². The number of ether oxygens (including phenoxy) is 1. The second-order valence-corrected chi connectivity index (χ2v) is 9.23. The summed E-state index contributed by atoms with van der Waals surface area (Å²) in [6, 6.07) is 8.39. The molecule has 2 unspecified atom stereocenters. The summed E-state index contributed by atoms with van der Waals surface area (Å²) < 4.78 is 7.31. The van der Waals surface area contributed by atoms with Crippen LogP contribution in [0.25, 0.3) is 5.69 Å². The second kappa shape index (κ2) is 9.50. The number of morpholine rings is 1. The molecule has 32 heavy (non-hydrogen) atoms. The van der Waals surface area contributed by atoms with E-state index in [2.05, 4.69) is 34.1 Å². The van der Waals surface area contributed by atoms with E-state index in [1.165, 1.54) is 17.4 Å². The van der Waals surface area contributed by atoms with Crippen molar-refractivity contribution in [3.63, 3.8) is 0 Å². The van der Waals surface area contributed by atoms with Crippen LogP contribution in [0, 0.1) is 6.92 Å². The van der Waals surface area contributed by atoms with Gasteiger partial charge in [-0.15, -0.1) is 11.3 Å². The number of nitrogens with one attached hydrogen (secondary N) is 1. The molecule has 0 radical (unpaired) electrons. The smallest absolute Gasteiger partial charge is 0.281 e. The van der Waals surface area contributed by atoms with E-state index in [9.17, 15) is 9.59 Å². The highest BCUT2D eigenvalue weighted by molar-refractivity contribution is 7.13. The minimum absolute atomic E-state index is 0.173. The summed E-state index contributed by atoms with van der Waals surface area (Å²) in [5.41, 5.74) is 1.53. The molecule has 1 aromatic carbocycles. The fourth-order valence-corrected chi connectivity index (χ4v) is 4.61. The van der Waals surface area contributed by atoms with Gasteiger partial charge >= 0.3 is 0 Å². The quantitative estimate of drug-likeness (QED) is 0.610. The van der Waals surface area contributed by atoms with Crippen molar-refractivity contribution in [2.45, 2.75) is 39.5 Å². The van der Waals surface area contributed by atoms with Gasteiger partial charge < -0.3 is 4.74 Å². The van der Waals surface area contributed by atoms with Crippen molar-refractivity contribution >= 4 is 34.0 Å². The Hall–Kier alpha value is -2.59. The van der Waals surface area contributed by atoms with Gasteiger partial charge in [0.1, 0.15) is 0 Å². The molecule has 0 bridgehead atoms. The molecule has 0 aliphatic carbocycles. The SMILES string of the molecule is Cc1cc(=O)c(C(=O)Nc2nc(CN3CC(C)OC(C)C3)cs2)nn1-c1ccc(Cl)cc1. The van der Waals surface area contributed by atoms with Crippen LogP contribution in [0.1, 0.15) is 35.7 Å². The van der Waals surface area contributed by atoms with Crippen LogP contribution < -0.4 is 10.7 Å². The number of hydrogen-bond acceptors (Lipinski definition) is 7. The Labute approximate surface area is 194 Å². The molecular weight excluding hydrogens is 450 g/mol. The molecule has 3 heterocycles. The van der Waals surface area contributed by atoms with Crippen LogP contribution in [0.15, 0.2) is 40.5 Å². The van der Waals surface area contributed by atoms with E-state index in [0.29, 0.717) is 28.1 Å². The van der Waals surface area contributed by atoms with Gasteiger partial charge in [0.2, 0.25) is 5.43 Å². The van der Waals surface area contributed by atoms with E-state index in [-0.39, 0.29) is 17.9 Å². The second-order valence-electron chi connectivity index (χ2n) is 7.94. The number of aryl methyl sites for hydroxylation is 1. The van der Waals surface area contributed by atoms with Crippen LogP contribution in [-0.2, 0) is 11.3 Å². The highest BCUT2D eigenvalue weighted by atomic mass is 35.5. The molecule has 1 aliphatic heterocycles. The van der Waals surface area contributed by atoms with Gasteiger partial charge in [0.15, 0.2) is 10.8 Å². The van der Waals surface area contributed by atoms with Crippen LogP contribution in [0.2, 0.25) is 5.02 Å². The number of hydrogen-bond donors (Lipinski definition) is 1. The molecule has 1 fully saturated rings. The maximum atomic E-state index is 12.8. The molecule has 0 spiro atoms. The molecule has 8 nitrogen and oxygen atoms in total. The Bertz CT molecular complexity index is 1170. The zero-order valence-electron chi connectivity index (χ0n) is 18.0. The zero-order valence-corrected chi connectivity index (χ0v) is 19.6. The average molecular weight is 474 g/mol. The number of halogens is 1. The lowest BCUT2D eigenvalue weighted by molar-refractivity contribution is -0.0707. The Morgan fingerprint density at radius 1 is 1.25 bits per heavy atom. The Balaban J connectivity index is 1.49. The molecule has 3 aromatic rings. The van der Waals surface area contributed by atoms with E-state index in [1.54, 1.807) is 35.9 Å². The van der Waals surface area contributed by atoms with E-state index < -0.39 is 11.3 Å². The summed E-state index contributed by atoms with van der Waals surface area (Å²) in [6.45, 7) is 8.21. The molecule has 0 saturated carbocycles. The third-order valence-electron chi connectivity index (χ3n) is 5.05. The largest absolute Gasteiger partial charge is 0.373 e. The zero-order chi connectivity index (χ0) is 22.8. The van der Waals surface area contributed by atoms with E-state index in [1.807, 2.05) is 5.38 Å². The maximum Gasteiger partial charge on any atom is 0.281 e. The number of aromatic nitrogens is 3. The van der Waals surface area contributed by atoms with Crippen LogP contribution in [-0.4, -0.2) is 50.9 Å². The number of anilines is 1. The molecule has 10 heteroatoms. The number of amides is 1. The van der Waals surface area contributed by atoms with Gasteiger partial charge in [-0.05, 0) is 45.0 Å². The Morgan fingerprint density at radius 3 is 2.62 bits per heavy atom. The highest BCUT2D eigenvalue weighted by Gasteiger charge is 2.23. The van der Waals surface area contributed by atoms with Crippen molar-refractivity contribution in [2.24, 2.45) is 0 Å². The topological polar surface area (TPSA) is 89.3 Å². The lowest BCUT2D eigenvalue weighted by Crippen LogP contribution is -2.44. The standard InChI is InChI=1S/C22H24ClN5O3S/c1-13-8-19(29)20(26-28(13)18-6-4-16(23)5-7-18)21(30)25-22-24-17(12-32-22)11-27-9-14(2)31-15(3)10-27/h4-8,12,14-15H,9-11H2,1-3H3,(H,24,25,30). The van der Waals surface area contributed by atoms with Crippen LogP contribution in [0.5, 0.6) is 0 Å². The van der Waals surface area contributed by atoms with Gasteiger partial charge in [-0.1, -0.05) is 11.6 Å². The van der Waals surface area contributed by atoms with Crippen molar-refractivity contribution in [1.82, 2.24) is 19.7 Å². The van der Waals surface area contributed by atoms with Gasteiger partial charge in [0.05, 0.1) is 23.6 Å². The summed E-state index contributed by atoms with van der Waals surface area (Å²) in [7, 11) is 0. The van der Waals surface area contributed by atoms with E-state index in [4.69, 9.17) is 16.3 Å². The monoisotopic (exact) mass is 473 g/mol. The van der Waals surface area contributed by atoms with Crippen molar-refractivity contribution < 1.29 is 9.53 Å². The molecule has 1 aliphatic rings. The normalized spacial score (nSPS) is 19.1. The first-order valence-corrected chi connectivity index (χ1v) is 11.5. The maximum absolute atomic E-state index is 12.8. The molecule has 1 saturated heterocycles. The number of rotatable bonds is 5. The van der Waals surface area contributed by atoms with Gasteiger partial charge in [-0.2, -0.15) is 5.10 Å². The third-order valence-corrected chi connectivity index (χ3v) is 6.11. The average Bonchev–Trinajstić information content (AvgIpc) is 3.14. The predicted molar refractivity (Wildman–Crippen MR) is 125 cm³/mol. The molecule has 4 rings (SSSR count). The Kier molecular flexibility index (Phi) is 6.71. The first-order chi connectivity index (χ1) is 15.3. The lowest BCUT2D eigenvalue weighted by atomic mass is 10.2. The molecule has 2 aromatic heterocycles. The van der Waals surface area contributed by atoms with Crippen LogP contribution >= 0.6 is 22.9 Å². The summed E-state index contributed by atoms with van der Waals surface area (Å²) in [5.74, 6) is -0.591. The molecule has 1 amide bonds. The highest BCUT2D eigenvalue weighted by Crippen LogP contribution is 2.20. The fraction of sp³-hybridized carbons (Fsp3) is 0.364. The van der Waals surface area contributed by atoms with Crippen molar-refractivity contribution in [1.29, 1.82) is 0 Å². The minimum Gasteiger partial charge on any atom is -0.373 e. The Morgan fingerprint density at radius 2 is 1.94 bits per heavy atom. The van der Waals surface area contributed by atoms with Crippen molar-refractivity contribution in [3.05, 3.63) is 68.0 Å². The number of carbonyl (C=O) groups excluding carboxylic acids is 1. The molecule has 1 N–H and O–H groups in total. The number of benzene rings is 1. The molecule has 168 valence electrons. The third kappa shape index (κ3) is 5.24. The summed E-state index contributed by atoms with van der Waals surface area (Å²) in [6.07, 6.45) is 0.346. The van der Waals surface area contributed by atoms with Gasteiger partial charge in [0, 0.05) is 41.8 Å². The van der Waals surface area contributed by atoms with E-state index in [0.717, 1.165) is 18.8 Å². The van der Waals surface area contributed by atoms with E-state index >= 15 is 0 Å². The van der Waals surface area contributed by atoms with Gasteiger partial charge in [-0.3, -0.25) is 19.8 Å². The first kappa shape index (κ1) is 22.6. The summed E-state index contributed by atoms with van der Waals surface area (Å²) in [4.78, 5) is 32.0. The van der Waals surface area contributed by atoms with Crippen LogP contribution in [0.4, 0.5) is 5.13 Å². The summed E-state index contributed by atoms with van der Waals surface area (Å²) in [5, 5.41) is 9.93. The first-order valence-electron chi connectivity index (χ1n) is 10.3. The predicted octanol–water partition coefficient (Wildman–Crippen LogP) is 3.51. The fourth-order valence-electron chi connectivity index (χ4n) is 3.78. The lowest BCUT2D eigenvalue weighted by Gasteiger charge is -2.34. The molecular formula is C22H24ClN5O3S. The van der Waals surface area contributed by atoms with Crippen LogP contribution in [0.3, 0.4) is 0 Å². The number of carbonyl (C=O) groups is 1. The van der Waals surface area contributed by atoms with Crippen molar-refractivity contribution in [3.8, 4) is 5.69 Å². The number of nitrogens with zero attached hydrogens (tertiary/aromatic N) is 4.